The molecule has 192 valence electrons. The number of hydrogen-bond donors (Lipinski definition) is 0. The van der Waals surface area contributed by atoms with Crippen LogP contribution in [-0.4, -0.2) is 77.1 Å². The Kier molecular flexibility index (Phi) is 6.71. The van der Waals surface area contributed by atoms with E-state index in [1.807, 2.05) is 19.9 Å². The second-order valence-electron chi connectivity index (χ2n) is 8.97. The number of aromatic nitrogens is 4. The standard InChI is InChI=1S/C24H28F2N6O4/c1-14-12-31(13-15(2)35-14)20-11-19(30-7-9-34-10-8-30)27-24(28-20)32-17-5-4-6-18(36-16(3)33)21(17)29-23(32)22(25)26/h4-6,11,14-15,22H,7-10,12-13H2,1-3H3. The number of esters is 1. The third kappa shape index (κ3) is 4.82. The summed E-state index contributed by atoms with van der Waals surface area (Å²) in [5, 5.41) is 0. The number of hydrogen-bond acceptors (Lipinski definition) is 9. The minimum atomic E-state index is -2.91. The lowest BCUT2D eigenvalue weighted by atomic mass is 10.2. The van der Waals surface area contributed by atoms with Crippen molar-refractivity contribution in [2.45, 2.75) is 39.4 Å². The molecule has 0 radical (unpaired) electrons. The molecule has 4 heterocycles. The van der Waals surface area contributed by atoms with Gasteiger partial charge in [0.1, 0.15) is 17.2 Å². The average Bonchev–Trinajstić information content (AvgIpc) is 3.25. The van der Waals surface area contributed by atoms with E-state index in [9.17, 15) is 13.6 Å². The number of carbonyl (C=O) groups excluding carboxylic acids is 1. The second kappa shape index (κ2) is 9.94. The Balaban J connectivity index is 1.69. The summed E-state index contributed by atoms with van der Waals surface area (Å²) < 4.78 is 46.3. The Morgan fingerprint density at radius 3 is 2.36 bits per heavy atom. The molecule has 0 aliphatic carbocycles. The Bertz CT molecular complexity index is 1250. The third-order valence-corrected chi connectivity index (χ3v) is 6.09. The SMILES string of the molecule is CC(=O)Oc1cccc2c1nc(C(F)F)n2-c1nc(N2CCOCC2)cc(N2CC(C)OC(C)C2)n1. The van der Waals surface area contributed by atoms with Crippen molar-refractivity contribution in [2.24, 2.45) is 0 Å². The fourth-order valence-electron chi connectivity index (χ4n) is 4.68. The van der Waals surface area contributed by atoms with E-state index in [0.717, 1.165) is 0 Å². The van der Waals surface area contributed by atoms with E-state index in [4.69, 9.17) is 24.2 Å². The zero-order chi connectivity index (χ0) is 25.4. The van der Waals surface area contributed by atoms with Crippen LogP contribution in [0.25, 0.3) is 17.0 Å². The Hall–Kier alpha value is -3.38. The third-order valence-electron chi connectivity index (χ3n) is 6.09. The lowest BCUT2D eigenvalue weighted by Crippen LogP contribution is -2.46. The maximum absolute atomic E-state index is 14.3. The molecule has 0 N–H and O–H groups in total. The number of rotatable bonds is 5. The highest BCUT2D eigenvalue weighted by Gasteiger charge is 2.28. The summed E-state index contributed by atoms with van der Waals surface area (Å²) in [4.78, 5) is 29.3. The highest BCUT2D eigenvalue weighted by atomic mass is 19.3. The summed E-state index contributed by atoms with van der Waals surface area (Å²) >= 11 is 0. The van der Waals surface area contributed by atoms with Crippen LogP contribution in [0.4, 0.5) is 20.4 Å². The van der Waals surface area contributed by atoms with E-state index in [2.05, 4.69) is 14.8 Å². The molecule has 10 nitrogen and oxygen atoms in total. The first-order valence-corrected chi connectivity index (χ1v) is 11.9. The van der Waals surface area contributed by atoms with Crippen LogP contribution in [0.5, 0.6) is 5.75 Å². The molecular formula is C24H28F2N6O4. The van der Waals surface area contributed by atoms with Crippen molar-refractivity contribution in [3.8, 4) is 11.7 Å². The molecule has 2 atom stereocenters. The van der Waals surface area contributed by atoms with E-state index in [0.29, 0.717) is 56.5 Å². The van der Waals surface area contributed by atoms with Crippen LogP contribution in [0, 0.1) is 0 Å². The molecule has 2 aliphatic heterocycles. The number of morpholine rings is 2. The van der Waals surface area contributed by atoms with Gasteiger partial charge < -0.3 is 24.0 Å². The minimum Gasteiger partial charge on any atom is -0.424 e. The molecule has 12 heteroatoms. The van der Waals surface area contributed by atoms with Gasteiger partial charge >= 0.3 is 5.97 Å². The normalized spacial score (nSPS) is 20.8. The van der Waals surface area contributed by atoms with Crippen molar-refractivity contribution in [3.63, 3.8) is 0 Å². The van der Waals surface area contributed by atoms with E-state index in [1.165, 1.54) is 17.6 Å². The molecule has 2 saturated heterocycles. The molecule has 0 saturated carbocycles. The van der Waals surface area contributed by atoms with Crippen molar-refractivity contribution < 1.29 is 27.8 Å². The second-order valence-corrected chi connectivity index (χ2v) is 8.97. The molecule has 3 aromatic rings. The fourth-order valence-corrected chi connectivity index (χ4v) is 4.68. The molecule has 5 rings (SSSR count). The van der Waals surface area contributed by atoms with Crippen LogP contribution in [0.2, 0.25) is 0 Å². The molecular weight excluding hydrogens is 474 g/mol. The lowest BCUT2D eigenvalue weighted by molar-refractivity contribution is -0.131. The molecule has 2 aromatic heterocycles. The van der Waals surface area contributed by atoms with Crippen molar-refractivity contribution in [2.75, 3.05) is 49.2 Å². The first-order valence-electron chi connectivity index (χ1n) is 11.9. The molecule has 1 aromatic carbocycles. The predicted molar refractivity (Wildman–Crippen MR) is 128 cm³/mol. The topological polar surface area (TPSA) is 94.8 Å². The fraction of sp³-hybridized carbons (Fsp3) is 0.500. The van der Waals surface area contributed by atoms with Crippen LogP contribution >= 0.6 is 0 Å². The van der Waals surface area contributed by atoms with E-state index >= 15 is 0 Å². The largest absolute Gasteiger partial charge is 0.424 e. The van der Waals surface area contributed by atoms with E-state index in [1.54, 1.807) is 12.1 Å². The molecule has 0 amide bonds. The summed E-state index contributed by atoms with van der Waals surface area (Å²) in [5.41, 5.74) is 0.455. The van der Waals surface area contributed by atoms with Gasteiger partial charge in [0.2, 0.25) is 5.95 Å². The monoisotopic (exact) mass is 502 g/mol. The number of ether oxygens (including phenoxy) is 3. The number of alkyl halides is 2. The van der Waals surface area contributed by atoms with E-state index < -0.39 is 18.2 Å². The quantitative estimate of drug-likeness (QED) is 0.385. The number of carbonyl (C=O) groups is 1. The van der Waals surface area contributed by atoms with Crippen LogP contribution in [-0.2, 0) is 14.3 Å². The highest BCUT2D eigenvalue weighted by Crippen LogP contribution is 2.33. The molecule has 0 bridgehead atoms. The number of imidazole rings is 1. The van der Waals surface area contributed by atoms with Crippen LogP contribution < -0.4 is 14.5 Å². The van der Waals surface area contributed by atoms with Gasteiger partial charge in [-0.05, 0) is 26.0 Å². The van der Waals surface area contributed by atoms with Gasteiger partial charge in [0.05, 0.1) is 30.9 Å². The number of nitrogens with zero attached hydrogens (tertiary/aromatic N) is 6. The van der Waals surface area contributed by atoms with Gasteiger partial charge in [0, 0.05) is 39.2 Å². The number of para-hydroxylation sites is 1. The summed E-state index contributed by atoms with van der Waals surface area (Å²) in [7, 11) is 0. The molecule has 2 unspecified atom stereocenters. The zero-order valence-electron chi connectivity index (χ0n) is 20.4. The van der Waals surface area contributed by atoms with E-state index in [-0.39, 0.29) is 29.4 Å². The van der Waals surface area contributed by atoms with Gasteiger partial charge in [0.15, 0.2) is 11.6 Å². The van der Waals surface area contributed by atoms with Gasteiger partial charge in [-0.1, -0.05) is 6.07 Å². The van der Waals surface area contributed by atoms with Crippen LogP contribution in [0.3, 0.4) is 0 Å². The molecule has 2 fully saturated rings. The molecule has 36 heavy (non-hydrogen) atoms. The summed E-state index contributed by atoms with van der Waals surface area (Å²) in [6, 6.07) is 6.64. The zero-order valence-corrected chi connectivity index (χ0v) is 20.4. The Morgan fingerprint density at radius 1 is 1.06 bits per heavy atom. The first kappa shape index (κ1) is 24.3. The predicted octanol–water partition coefficient (Wildman–Crippen LogP) is 3.13. The average molecular weight is 503 g/mol. The minimum absolute atomic E-state index is 0.0176. The molecule has 0 spiro atoms. The summed E-state index contributed by atoms with van der Waals surface area (Å²) in [5.74, 6) is 0.294. The van der Waals surface area contributed by atoms with Crippen LogP contribution in [0.15, 0.2) is 24.3 Å². The van der Waals surface area contributed by atoms with Crippen molar-refractivity contribution in [1.82, 2.24) is 19.5 Å². The van der Waals surface area contributed by atoms with Crippen molar-refractivity contribution in [1.29, 1.82) is 0 Å². The number of benzene rings is 1. The number of halogens is 2. The van der Waals surface area contributed by atoms with Crippen LogP contribution in [0.1, 0.15) is 33.0 Å². The maximum atomic E-state index is 14.3. The summed E-state index contributed by atoms with van der Waals surface area (Å²) in [6.45, 7) is 8.76. The Labute approximate surface area is 206 Å². The van der Waals surface area contributed by atoms with Crippen molar-refractivity contribution in [3.05, 3.63) is 30.1 Å². The smallest absolute Gasteiger partial charge is 0.308 e. The van der Waals surface area contributed by atoms with Crippen molar-refractivity contribution >= 4 is 28.6 Å². The van der Waals surface area contributed by atoms with Gasteiger partial charge in [0.25, 0.3) is 6.43 Å². The Morgan fingerprint density at radius 2 is 1.72 bits per heavy atom. The van der Waals surface area contributed by atoms with Gasteiger partial charge in [-0.25, -0.2) is 13.8 Å². The number of fused-ring (bicyclic) bond motifs is 1. The van der Waals surface area contributed by atoms with Gasteiger partial charge in [-0.2, -0.15) is 9.97 Å². The first-order chi connectivity index (χ1) is 17.3. The lowest BCUT2D eigenvalue weighted by Gasteiger charge is -2.37. The number of anilines is 2. The molecule has 2 aliphatic rings. The maximum Gasteiger partial charge on any atom is 0.308 e. The highest BCUT2D eigenvalue weighted by molar-refractivity contribution is 5.86. The van der Waals surface area contributed by atoms with Gasteiger partial charge in [-0.3, -0.25) is 9.36 Å². The summed E-state index contributed by atoms with van der Waals surface area (Å²) in [6.07, 6.45) is -2.95. The van der Waals surface area contributed by atoms with Gasteiger partial charge in [-0.15, -0.1) is 0 Å².